The molecule has 0 saturated heterocycles. The lowest BCUT2D eigenvalue weighted by molar-refractivity contribution is 0.174. The molecule has 1 aliphatic rings. The normalized spacial score (nSPS) is 12.6. The van der Waals surface area contributed by atoms with Crippen molar-refractivity contribution in [2.45, 2.75) is 26.9 Å². The van der Waals surface area contributed by atoms with Crippen molar-refractivity contribution in [3.05, 3.63) is 54.2 Å². The number of aromatic nitrogens is 1. The van der Waals surface area contributed by atoms with Crippen LogP contribution in [0.25, 0.3) is 10.9 Å². The lowest BCUT2D eigenvalue weighted by Crippen LogP contribution is -2.30. The molecule has 1 N–H and O–H groups in total. The number of urea groups is 1. The van der Waals surface area contributed by atoms with Gasteiger partial charge in [-0.1, -0.05) is 19.9 Å². The molecule has 2 aromatic carbocycles. The van der Waals surface area contributed by atoms with Crippen LogP contribution in [0.5, 0.6) is 11.5 Å². The van der Waals surface area contributed by atoms with Crippen molar-refractivity contribution in [1.82, 2.24) is 9.47 Å². The van der Waals surface area contributed by atoms with E-state index in [-0.39, 0.29) is 12.8 Å². The van der Waals surface area contributed by atoms with Gasteiger partial charge in [-0.15, -0.1) is 0 Å². The van der Waals surface area contributed by atoms with Crippen molar-refractivity contribution in [1.29, 1.82) is 0 Å². The Bertz CT molecular complexity index is 1010. The Balaban J connectivity index is 1.42. The number of amides is 2. The predicted octanol–water partition coefficient (Wildman–Crippen LogP) is 4.69. The van der Waals surface area contributed by atoms with Crippen LogP contribution in [0, 0.1) is 5.92 Å². The van der Waals surface area contributed by atoms with E-state index in [1.165, 1.54) is 5.52 Å². The van der Waals surface area contributed by atoms with Crippen LogP contribution in [0.2, 0.25) is 0 Å². The minimum atomic E-state index is -0.154. The zero-order valence-electron chi connectivity index (χ0n) is 16.4. The molecule has 0 unspecified atom stereocenters. The lowest BCUT2D eigenvalue weighted by Gasteiger charge is -2.18. The molecule has 6 nitrogen and oxygen atoms in total. The van der Waals surface area contributed by atoms with E-state index in [0.29, 0.717) is 12.5 Å². The van der Waals surface area contributed by atoms with Crippen LogP contribution in [0.1, 0.15) is 19.4 Å². The first-order valence-electron chi connectivity index (χ1n) is 9.49. The number of carbonyl (C=O) groups is 1. The Labute approximate surface area is 164 Å². The van der Waals surface area contributed by atoms with E-state index in [2.05, 4.69) is 42.1 Å². The van der Waals surface area contributed by atoms with Crippen LogP contribution in [-0.2, 0) is 13.1 Å². The van der Waals surface area contributed by atoms with E-state index < -0.39 is 0 Å². The third-order valence-electron chi connectivity index (χ3n) is 4.79. The van der Waals surface area contributed by atoms with Gasteiger partial charge in [0.2, 0.25) is 6.79 Å². The van der Waals surface area contributed by atoms with Crippen LogP contribution in [0.3, 0.4) is 0 Å². The second kappa shape index (κ2) is 7.46. The van der Waals surface area contributed by atoms with Crippen molar-refractivity contribution < 1.29 is 14.3 Å². The molecule has 146 valence electrons. The van der Waals surface area contributed by atoms with E-state index in [9.17, 15) is 4.79 Å². The molecule has 4 rings (SSSR count). The van der Waals surface area contributed by atoms with Gasteiger partial charge in [-0.05, 0) is 47.9 Å². The van der Waals surface area contributed by atoms with E-state index in [4.69, 9.17) is 9.47 Å². The smallest absolute Gasteiger partial charge is 0.321 e. The summed E-state index contributed by atoms with van der Waals surface area (Å²) in [6.07, 6.45) is 2.10. The third kappa shape index (κ3) is 3.76. The molecule has 2 heterocycles. The number of nitrogens with one attached hydrogen (secondary N) is 1. The fourth-order valence-electron chi connectivity index (χ4n) is 3.43. The Morgan fingerprint density at radius 1 is 1.14 bits per heavy atom. The topological polar surface area (TPSA) is 55.7 Å². The Hall–Kier alpha value is -3.15. The number of benzene rings is 2. The summed E-state index contributed by atoms with van der Waals surface area (Å²) < 4.78 is 13.0. The second-order valence-electron chi connectivity index (χ2n) is 7.61. The van der Waals surface area contributed by atoms with E-state index >= 15 is 0 Å². The van der Waals surface area contributed by atoms with E-state index in [1.807, 2.05) is 30.3 Å². The number of carbonyl (C=O) groups excluding carboxylic acids is 1. The Kier molecular flexibility index (Phi) is 4.86. The van der Waals surface area contributed by atoms with E-state index in [0.717, 1.165) is 34.7 Å². The highest BCUT2D eigenvalue weighted by molar-refractivity contribution is 5.92. The molecule has 0 atom stereocenters. The summed E-state index contributed by atoms with van der Waals surface area (Å²) >= 11 is 0. The molecule has 0 fully saturated rings. The summed E-state index contributed by atoms with van der Waals surface area (Å²) in [5.74, 6) is 2.05. The first-order chi connectivity index (χ1) is 13.5. The summed E-state index contributed by atoms with van der Waals surface area (Å²) in [5, 5.41) is 4.10. The average molecular weight is 379 g/mol. The number of hydrogen-bond acceptors (Lipinski definition) is 3. The minimum absolute atomic E-state index is 0.154. The summed E-state index contributed by atoms with van der Waals surface area (Å²) in [4.78, 5) is 14.2. The Morgan fingerprint density at radius 2 is 1.96 bits per heavy atom. The van der Waals surface area contributed by atoms with Crippen molar-refractivity contribution in [3.8, 4) is 11.5 Å². The molecule has 2 amide bonds. The number of anilines is 1. The molecule has 0 saturated carbocycles. The SMILES string of the molecule is CC(C)Cn1ccc2cc(NC(=O)N(C)Cc3ccc4c(c3)OCO4)ccc21. The first-order valence-corrected chi connectivity index (χ1v) is 9.49. The van der Waals surface area contributed by atoms with Crippen molar-refractivity contribution in [2.24, 2.45) is 5.92 Å². The van der Waals surface area contributed by atoms with Gasteiger partial charge in [0.15, 0.2) is 11.5 Å². The van der Waals surface area contributed by atoms with Gasteiger partial charge in [0.25, 0.3) is 0 Å². The maximum Gasteiger partial charge on any atom is 0.321 e. The van der Waals surface area contributed by atoms with Crippen LogP contribution >= 0.6 is 0 Å². The average Bonchev–Trinajstić information content (AvgIpc) is 3.27. The molecule has 1 aromatic heterocycles. The lowest BCUT2D eigenvalue weighted by atomic mass is 10.2. The van der Waals surface area contributed by atoms with Gasteiger partial charge >= 0.3 is 6.03 Å². The standard InChI is InChI=1S/C22H25N3O3/c1-15(2)12-25-9-8-17-11-18(5-6-19(17)25)23-22(26)24(3)13-16-4-7-20-21(10-16)28-14-27-20/h4-11,15H,12-14H2,1-3H3,(H,23,26). The number of rotatable bonds is 5. The molecule has 0 aliphatic carbocycles. The number of nitrogens with zero attached hydrogens (tertiary/aromatic N) is 2. The number of hydrogen-bond donors (Lipinski definition) is 1. The molecule has 28 heavy (non-hydrogen) atoms. The zero-order valence-corrected chi connectivity index (χ0v) is 16.4. The second-order valence-corrected chi connectivity index (χ2v) is 7.61. The predicted molar refractivity (Wildman–Crippen MR) is 110 cm³/mol. The largest absolute Gasteiger partial charge is 0.454 e. The molecule has 6 heteroatoms. The zero-order chi connectivity index (χ0) is 19.7. The summed E-state index contributed by atoms with van der Waals surface area (Å²) in [5.41, 5.74) is 2.96. The minimum Gasteiger partial charge on any atom is -0.454 e. The van der Waals surface area contributed by atoms with Crippen LogP contribution in [-0.4, -0.2) is 29.3 Å². The van der Waals surface area contributed by atoms with Gasteiger partial charge in [0.1, 0.15) is 0 Å². The van der Waals surface area contributed by atoms with E-state index in [1.54, 1.807) is 11.9 Å². The maximum atomic E-state index is 12.6. The number of ether oxygens (including phenoxy) is 2. The molecular formula is C22H25N3O3. The highest BCUT2D eigenvalue weighted by Gasteiger charge is 2.16. The van der Waals surface area contributed by atoms with Gasteiger partial charge in [-0.25, -0.2) is 4.79 Å². The highest BCUT2D eigenvalue weighted by atomic mass is 16.7. The maximum absolute atomic E-state index is 12.6. The van der Waals surface area contributed by atoms with Gasteiger partial charge in [0.05, 0.1) is 0 Å². The first kappa shape index (κ1) is 18.2. The third-order valence-corrected chi connectivity index (χ3v) is 4.79. The van der Waals surface area contributed by atoms with Gasteiger partial charge < -0.3 is 24.3 Å². The van der Waals surface area contributed by atoms with Gasteiger partial charge in [-0.3, -0.25) is 0 Å². The monoisotopic (exact) mass is 379 g/mol. The van der Waals surface area contributed by atoms with Crippen LogP contribution in [0.15, 0.2) is 48.7 Å². The summed E-state index contributed by atoms with van der Waals surface area (Å²) in [6.45, 7) is 6.12. The van der Waals surface area contributed by atoms with Crippen molar-refractivity contribution in [2.75, 3.05) is 19.2 Å². The van der Waals surface area contributed by atoms with Gasteiger partial charge in [-0.2, -0.15) is 0 Å². The van der Waals surface area contributed by atoms with Crippen LogP contribution < -0.4 is 14.8 Å². The molecular weight excluding hydrogens is 354 g/mol. The van der Waals surface area contributed by atoms with Gasteiger partial charge in [0, 0.05) is 42.9 Å². The fraction of sp³-hybridized carbons (Fsp3) is 0.318. The molecule has 0 spiro atoms. The number of fused-ring (bicyclic) bond motifs is 2. The molecule has 1 aliphatic heterocycles. The molecule has 3 aromatic rings. The van der Waals surface area contributed by atoms with Crippen molar-refractivity contribution in [3.63, 3.8) is 0 Å². The highest BCUT2D eigenvalue weighted by Crippen LogP contribution is 2.32. The summed E-state index contributed by atoms with van der Waals surface area (Å²) in [7, 11) is 1.78. The molecule has 0 bridgehead atoms. The molecule has 0 radical (unpaired) electrons. The van der Waals surface area contributed by atoms with Crippen LogP contribution in [0.4, 0.5) is 10.5 Å². The summed E-state index contributed by atoms with van der Waals surface area (Å²) in [6, 6.07) is 13.7. The van der Waals surface area contributed by atoms with Crippen molar-refractivity contribution >= 4 is 22.6 Å². The quantitative estimate of drug-likeness (QED) is 0.700. The Morgan fingerprint density at radius 3 is 2.79 bits per heavy atom. The fourth-order valence-corrected chi connectivity index (χ4v) is 3.43.